The van der Waals surface area contributed by atoms with Crippen LogP contribution in [0.1, 0.15) is 57.7 Å². The second-order valence-corrected chi connectivity index (χ2v) is 5.97. The molecule has 0 amide bonds. The van der Waals surface area contributed by atoms with Gasteiger partial charge in [-0.25, -0.2) is 0 Å². The van der Waals surface area contributed by atoms with Crippen LogP contribution in [0.15, 0.2) is 18.3 Å². The van der Waals surface area contributed by atoms with Crippen molar-refractivity contribution < 1.29 is 5.11 Å². The zero-order chi connectivity index (χ0) is 15.1. The van der Waals surface area contributed by atoms with Gasteiger partial charge in [-0.05, 0) is 57.7 Å². The lowest BCUT2D eigenvalue weighted by atomic mass is 10.1. The summed E-state index contributed by atoms with van der Waals surface area (Å²) < 4.78 is 0. The minimum Gasteiger partial charge on any atom is -0.396 e. The van der Waals surface area contributed by atoms with E-state index in [2.05, 4.69) is 41.2 Å². The smallest absolute Gasteiger partial charge is 0.0572 e. The quantitative estimate of drug-likeness (QED) is 0.773. The van der Waals surface area contributed by atoms with Crippen LogP contribution in [0, 0.1) is 0 Å². The summed E-state index contributed by atoms with van der Waals surface area (Å²) in [6.45, 7) is 6.77. The van der Waals surface area contributed by atoms with E-state index in [1.807, 2.05) is 6.20 Å². The van der Waals surface area contributed by atoms with Crippen LogP contribution in [0.25, 0.3) is 0 Å². The Morgan fingerprint density at radius 1 is 1.48 bits per heavy atom. The summed E-state index contributed by atoms with van der Waals surface area (Å²) in [5, 5.41) is 12.5. The van der Waals surface area contributed by atoms with Crippen LogP contribution in [0.4, 0.5) is 5.69 Å². The first kappa shape index (κ1) is 16.2. The molecule has 1 saturated heterocycles. The van der Waals surface area contributed by atoms with Crippen molar-refractivity contribution in [2.24, 2.45) is 0 Å². The van der Waals surface area contributed by atoms with Gasteiger partial charge in [-0.3, -0.25) is 4.98 Å². The molecule has 2 atom stereocenters. The number of pyridine rings is 1. The molecule has 1 aliphatic rings. The normalized spacial score (nSPS) is 20.0. The monoisotopic (exact) mass is 291 g/mol. The van der Waals surface area contributed by atoms with Crippen LogP contribution in [0.5, 0.6) is 0 Å². The highest BCUT2D eigenvalue weighted by Crippen LogP contribution is 2.28. The third kappa shape index (κ3) is 4.42. The number of nitrogens with one attached hydrogen (secondary N) is 1. The molecule has 1 aromatic rings. The molecule has 0 saturated carbocycles. The van der Waals surface area contributed by atoms with E-state index >= 15 is 0 Å². The summed E-state index contributed by atoms with van der Waals surface area (Å²) in [6.07, 6.45) is 7.60. The van der Waals surface area contributed by atoms with Gasteiger partial charge in [0.2, 0.25) is 0 Å². The van der Waals surface area contributed by atoms with E-state index in [1.165, 1.54) is 18.5 Å². The van der Waals surface area contributed by atoms with Gasteiger partial charge in [0.05, 0.1) is 17.6 Å². The number of aromatic nitrogens is 1. The van der Waals surface area contributed by atoms with Crippen molar-refractivity contribution in [3.63, 3.8) is 0 Å². The van der Waals surface area contributed by atoms with E-state index in [-0.39, 0.29) is 0 Å². The largest absolute Gasteiger partial charge is 0.396 e. The average molecular weight is 291 g/mol. The van der Waals surface area contributed by atoms with Crippen molar-refractivity contribution in [3.8, 4) is 0 Å². The lowest BCUT2D eigenvalue weighted by molar-refractivity contribution is 0.279. The molecule has 0 radical (unpaired) electrons. The Labute approximate surface area is 128 Å². The fraction of sp³-hybridized carbons (Fsp3) is 0.706. The van der Waals surface area contributed by atoms with E-state index in [9.17, 15) is 0 Å². The molecule has 2 unspecified atom stereocenters. The number of aliphatic hydroxyl groups excluding tert-OH is 1. The van der Waals surface area contributed by atoms with E-state index in [4.69, 9.17) is 5.11 Å². The molecule has 0 bridgehead atoms. The van der Waals surface area contributed by atoms with Crippen molar-refractivity contribution in [3.05, 3.63) is 24.0 Å². The van der Waals surface area contributed by atoms with E-state index in [1.54, 1.807) is 0 Å². The number of aliphatic hydroxyl groups is 1. The molecule has 4 heteroatoms. The first-order valence-corrected chi connectivity index (χ1v) is 8.33. The molecular formula is C17H29N3O. The van der Waals surface area contributed by atoms with E-state index < -0.39 is 0 Å². The molecule has 4 nitrogen and oxygen atoms in total. The lowest BCUT2D eigenvalue weighted by Gasteiger charge is -2.26. The standard InChI is InChI=1S/C17H29N3O/c1-3-10-18-14(2)17-9-8-16(13-19-17)20-11-4-6-15(20)7-5-12-21/h8-9,13-15,18,21H,3-7,10-12H2,1-2H3. The van der Waals surface area contributed by atoms with Gasteiger partial charge in [0.1, 0.15) is 0 Å². The number of hydrogen-bond acceptors (Lipinski definition) is 4. The maximum atomic E-state index is 9.01. The van der Waals surface area contributed by atoms with Crippen LogP contribution in [0.2, 0.25) is 0 Å². The topological polar surface area (TPSA) is 48.4 Å². The Hall–Kier alpha value is -1.13. The summed E-state index contributed by atoms with van der Waals surface area (Å²) in [4.78, 5) is 7.09. The minimum absolute atomic E-state index is 0.294. The van der Waals surface area contributed by atoms with E-state index in [0.717, 1.165) is 38.0 Å². The number of anilines is 1. The minimum atomic E-state index is 0.294. The molecular weight excluding hydrogens is 262 g/mol. The molecule has 21 heavy (non-hydrogen) atoms. The number of nitrogens with zero attached hydrogens (tertiary/aromatic N) is 2. The SMILES string of the molecule is CCCNC(C)c1ccc(N2CCCC2CCCO)cn1. The third-order valence-electron chi connectivity index (χ3n) is 4.32. The highest BCUT2D eigenvalue weighted by Gasteiger charge is 2.24. The molecule has 1 fully saturated rings. The van der Waals surface area contributed by atoms with Crippen LogP contribution in [0.3, 0.4) is 0 Å². The maximum Gasteiger partial charge on any atom is 0.0572 e. The molecule has 2 N–H and O–H groups in total. The fourth-order valence-corrected chi connectivity index (χ4v) is 3.09. The molecule has 1 aromatic heterocycles. The molecule has 2 heterocycles. The van der Waals surface area contributed by atoms with Crippen LogP contribution in [-0.4, -0.2) is 35.8 Å². The average Bonchev–Trinajstić information content (AvgIpc) is 2.99. The lowest BCUT2D eigenvalue weighted by Crippen LogP contribution is -2.29. The summed E-state index contributed by atoms with van der Waals surface area (Å²) in [6, 6.07) is 5.22. The molecule has 0 spiro atoms. The number of hydrogen-bond donors (Lipinski definition) is 2. The zero-order valence-corrected chi connectivity index (χ0v) is 13.4. The van der Waals surface area contributed by atoms with E-state index in [0.29, 0.717) is 18.7 Å². The van der Waals surface area contributed by atoms with Crippen LogP contribution >= 0.6 is 0 Å². The summed E-state index contributed by atoms with van der Waals surface area (Å²) >= 11 is 0. The van der Waals surface area contributed by atoms with Crippen LogP contribution < -0.4 is 10.2 Å². The van der Waals surface area contributed by atoms with Crippen molar-refractivity contribution in [1.82, 2.24) is 10.3 Å². The fourth-order valence-electron chi connectivity index (χ4n) is 3.09. The van der Waals surface area contributed by atoms with Gasteiger partial charge >= 0.3 is 0 Å². The van der Waals surface area contributed by atoms with Crippen molar-refractivity contribution >= 4 is 5.69 Å². The van der Waals surface area contributed by atoms with Crippen molar-refractivity contribution in [2.45, 2.75) is 58.0 Å². The Kier molecular flexibility index (Phi) is 6.46. The summed E-state index contributed by atoms with van der Waals surface area (Å²) in [5.41, 5.74) is 2.33. The molecule has 118 valence electrons. The zero-order valence-electron chi connectivity index (χ0n) is 13.4. The second kappa shape index (κ2) is 8.35. The first-order chi connectivity index (χ1) is 10.3. The first-order valence-electron chi connectivity index (χ1n) is 8.33. The summed E-state index contributed by atoms with van der Waals surface area (Å²) in [7, 11) is 0. The highest BCUT2D eigenvalue weighted by atomic mass is 16.2. The second-order valence-electron chi connectivity index (χ2n) is 5.97. The van der Waals surface area contributed by atoms with Gasteiger partial charge in [0.25, 0.3) is 0 Å². The van der Waals surface area contributed by atoms with Gasteiger partial charge in [-0.2, -0.15) is 0 Å². The predicted molar refractivity (Wildman–Crippen MR) is 87.6 cm³/mol. The van der Waals surface area contributed by atoms with Gasteiger partial charge in [-0.15, -0.1) is 0 Å². The van der Waals surface area contributed by atoms with Crippen molar-refractivity contribution in [1.29, 1.82) is 0 Å². The Balaban J connectivity index is 1.97. The van der Waals surface area contributed by atoms with Crippen molar-refractivity contribution in [2.75, 3.05) is 24.6 Å². The molecule has 0 aromatic carbocycles. The molecule has 1 aliphatic heterocycles. The third-order valence-corrected chi connectivity index (χ3v) is 4.32. The predicted octanol–water partition coefficient (Wildman–Crippen LogP) is 2.88. The highest BCUT2D eigenvalue weighted by molar-refractivity contribution is 5.47. The Morgan fingerprint density at radius 2 is 2.33 bits per heavy atom. The molecule has 0 aliphatic carbocycles. The van der Waals surface area contributed by atoms with Gasteiger partial charge in [-0.1, -0.05) is 6.92 Å². The van der Waals surface area contributed by atoms with Gasteiger partial charge in [0, 0.05) is 25.2 Å². The Morgan fingerprint density at radius 3 is 3.00 bits per heavy atom. The Bertz CT molecular complexity index is 407. The number of rotatable bonds is 8. The van der Waals surface area contributed by atoms with Gasteiger partial charge < -0.3 is 15.3 Å². The molecule has 2 rings (SSSR count). The van der Waals surface area contributed by atoms with Crippen LogP contribution in [-0.2, 0) is 0 Å². The maximum absolute atomic E-state index is 9.01. The van der Waals surface area contributed by atoms with Gasteiger partial charge in [0.15, 0.2) is 0 Å². The summed E-state index contributed by atoms with van der Waals surface area (Å²) in [5.74, 6) is 0.